The summed E-state index contributed by atoms with van der Waals surface area (Å²) in [5, 5.41) is 9.93. The lowest BCUT2D eigenvalue weighted by atomic mass is 10.2. The van der Waals surface area contributed by atoms with Crippen molar-refractivity contribution >= 4 is 51.7 Å². The molecule has 5 nitrogen and oxygen atoms in total. The summed E-state index contributed by atoms with van der Waals surface area (Å²) >= 11 is 3.58. The van der Waals surface area contributed by atoms with E-state index in [9.17, 15) is 9.59 Å². The van der Waals surface area contributed by atoms with Crippen molar-refractivity contribution in [1.82, 2.24) is 4.98 Å². The largest absolute Gasteiger partial charge is 0.462 e. The second-order valence-corrected chi connectivity index (χ2v) is 6.88. The molecule has 0 saturated carbocycles. The monoisotopic (exact) mass is 352 g/mol. The normalized spacial score (nSPS) is 10.5. The highest BCUT2D eigenvalue weighted by atomic mass is 32.2. The Morgan fingerprint density at radius 1 is 1.45 bits per heavy atom. The Morgan fingerprint density at radius 3 is 2.73 bits per heavy atom. The van der Waals surface area contributed by atoms with E-state index in [1.165, 1.54) is 29.6 Å². The van der Waals surface area contributed by atoms with Gasteiger partial charge in [-0.25, -0.2) is 9.78 Å². The Hall–Kier alpha value is -1.56. The molecule has 0 aromatic carbocycles. The minimum Gasteiger partial charge on any atom is -0.462 e. The number of carbonyl (C=O) groups is 1. The van der Waals surface area contributed by atoms with Gasteiger partial charge in [-0.3, -0.25) is 4.79 Å². The molecule has 0 aliphatic carbocycles. The van der Waals surface area contributed by atoms with E-state index in [-0.39, 0.29) is 16.7 Å². The number of pyridine rings is 1. The highest BCUT2D eigenvalue weighted by Crippen LogP contribution is 2.31. The topological polar surface area (TPSA) is 80.0 Å². The van der Waals surface area contributed by atoms with Gasteiger partial charge in [0.05, 0.1) is 27.3 Å². The molecule has 0 atom stereocenters. The average molecular weight is 352 g/mol. The van der Waals surface area contributed by atoms with Crippen LogP contribution in [0, 0.1) is 11.3 Å². The van der Waals surface area contributed by atoms with Gasteiger partial charge in [0.2, 0.25) is 4.74 Å². The number of hydrogen-bond donors (Lipinski definition) is 0. The first-order valence-corrected chi connectivity index (χ1v) is 9.51. The van der Waals surface area contributed by atoms with Crippen LogP contribution in [-0.2, 0) is 4.74 Å². The van der Waals surface area contributed by atoms with Crippen molar-refractivity contribution in [2.75, 3.05) is 19.1 Å². The Bertz CT molecular complexity index is 840. The molecule has 0 fully saturated rings. The third kappa shape index (κ3) is 2.97. The summed E-state index contributed by atoms with van der Waals surface area (Å²) in [4.78, 5) is 28.9. The van der Waals surface area contributed by atoms with Gasteiger partial charge in [-0.1, -0.05) is 11.3 Å². The van der Waals surface area contributed by atoms with Gasteiger partial charge in [-0.15, -0.1) is 23.5 Å². The first-order chi connectivity index (χ1) is 10.6. The zero-order valence-corrected chi connectivity index (χ0v) is 14.6. The standard InChI is InChI=1S/C14H12N2O3S3/c1-4-19-12(17)9-10-8(13(18)22-14(9)21-3)5-7(6-15)11(16-10)20-2/h5H,4H2,1-3H3. The van der Waals surface area contributed by atoms with E-state index in [0.717, 1.165) is 11.3 Å². The second-order valence-electron chi connectivity index (χ2n) is 4.03. The first-order valence-electron chi connectivity index (χ1n) is 6.24. The third-order valence-electron chi connectivity index (χ3n) is 2.81. The highest BCUT2D eigenvalue weighted by molar-refractivity contribution is 8.00. The number of nitrogens with zero attached hydrogens (tertiary/aromatic N) is 2. The Morgan fingerprint density at radius 2 is 2.18 bits per heavy atom. The minimum atomic E-state index is -0.502. The summed E-state index contributed by atoms with van der Waals surface area (Å²) in [7, 11) is 0. The van der Waals surface area contributed by atoms with E-state index in [0.29, 0.717) is 25.9 Å². The maximum Gasteiger partial charge on any atom is 0.342 e. The minimum absolute atomic E-state index is 0.218. The molecule has 22 heavy (non-hydrogen) atoms. The van der Waals surface area contributed by atoms with Crippen LogP contribution in [0.2, 0.25) is 0 Å². The molecule has 0 radical (unpaired) electrons. The molecule has 2 rings (SSSR count). The van der Waals surface area contributed by atoms with E-state index in [4.69, 9.17) is 10.00 Å². The van der Waals surface area contributed by atoms with Crippen molar-refractivity contribution in [3.8, 4) is 6.07 Å². The summed E-state index contributed by atoms with van der Waals surface area (Å²) in [5.41, 5.74) is 0.930. The smallest absolute Gasteiger partial charge is 0.342 e. The number of nitriles is 1. The van der Waals surface area contributed by atoms with E-state index < -0.39 is 5.97 Å². The zero-order chi connectivity index (χ0) is 16.3. The highest BCUT2D eigenvalue weighted by Gasteiger charge is 2.22. The second kappa shape index (κ2) is 7.13. The van der Waals surface area contributed by atoms with Gasteiger partial charge in [0.25, 0.3) is 0 Å². The van der Waals surface area contributed by atoms with Crippen molar-refractivity contribution < 1.29 is 9.53 Å². The van der Waals surface area contributed by atoms with Gasteiger partial charge >= 0.3 is 5.97 Å². The van der Waals surface area contributed by atoms with Gasteiger partial charge in [0, 0.05) is 0 Å². The summed E-state index contributed by atoms with van der Waals surface area (Å²) in [5.74, 6) is -0.502. The molecule has 8 heteroatoms. The number of fused-ring (bicyclic) bond motifs is 1. The molecule has 0 amide bonds. The van der Waals surface area contributed by atoms with Crippen LogP contribution in [0.25, 0.3) is 10.9 Å². The van der Waals surface area contributed by atoms with Crippen molar-refractivity contribution in [3.63, 3.8) is 0 Å². The van der Waals surface area contributed by atoms with Crippen LogP contribution in [0.15, 0.2) is 20.1 Å². The SMILES string of the molecule is CCOC(=O)c1c(SC)sc(=O)c2cc(C#N)c(SC)nc12. The van der Waals surface area contributed by atoms with Gasteiger partial charge in [0.15, 0.2) is 0 Å². The molecular weight excluding hydrogens is 340 g/mol. The fraction of sp³-hybridized carbons (Fsp3) is 0.286. The Labute approximate surface area is 139 Å². The van der Waals surface area contributed by atoms with E-state index in [2.05, 4.69) is 4.98 Å². The molecule has 0 unspecified atom stereocenters. The van der Waals surface area contributed by atoms with Gasteiger partial charge in [-0.05, 0) is 25.5 Å². The van der Waals surface area contributed by atoms with Crippen LogP contribution in [0.5, 0.6) is 0 Å². The van der Waals surface area contributed by atoms with Crippen molar-refractivity contribution in [3.05, 3.63) is 26.7 Å². The number of esters is 1. The number of thioether (sulfide) groups is 2. The van der Waals surface area contributed by atoms with Gasteiger partial charge in [-0.2, -0.15) is 5.26 Å². The molecule has 2 heterocycles. The number of hydrogen-bond acceptors (Lipinski definition) is 8. The summed E-state index contributed by atoms with van der Waals surface area (Å²) in [6, 6.07) is 3.53. The fourth-order valence-electron chi connectivity index (χ4n) is 1.89. The number of aromatic nitrogens is 1. The first kappa shape index (κ1) is 16.8. The number of rotatable bonds is 4. The fourth-order valence-corrected chi connectivity index (χ4v) is 4.06. The van der Waals surface area contributed by atoms with Crippen LogP contribution < -0.4 is 4.74 Å². The molecule has 114 valence electrons. The predicted octanol–water partition coefficient (Wildman–Crippen LogP) is 3.15. The Balaban J connectivity index is 2.92. The predicted molar refractivity (Wildman–Crippen MR) is 90.1 cm³/mol. The quantitative estimate of drug-likeness (QED) is 0.617. The van der Waals surface area contributed by atoms with Crippen molar-refractivity contribution in [1.29, 1.82) is 5.26 Å². The Kier molecular flexibility index (Phi) is 5.45. The summed E-state index contributed by atoms with van der Waals surface area (Å²) in [6.45, 7) is 1.96. The lowest BCUT2D eigenvalue weighted by Gasteiger charge is -2.10. The van der Waals surface area contributed by atoms with Crippen molar-refractivity contribution in [2.45, 2.75) is 16.2 Å². The van der Waals surface area contributed by atoms with Crippen LogP contribution in [0.1, 0.15) is 22.8 Å². The molecule has 0 spiro atoms. The molecule has 0 aliphatic heterocycles. The molecule has 2 aromatic rings. The van der Waals surface area contributed by atoms with E-state index in [1.54, 1.807) is 19.4 Å². The lowest BCUT2D eigenvalue weighted by Crippen LogP contribution is -2.11. The van der Waals surface area contributed by atoms with Crippen molar-refractivity contribution in [2.24, 2.45) is 0 Å². The molecule has 0 aliphatic rings. The molecule has 0 N–H and O–H groups in total. The average Bonchev–Trinajstić information content (AvgIpc) is 2.53. The van der Waals surface area contributed by atoms with Crippen LogP contribution in [-0.4, -0.2) is 30.1 Å². The number of ether oxygens (including phenoxy) is 1. The van der Waals surface area contributed by atoms with Crippen LogP contribution in [0.4, 0.5) is 0 Å². The summed E-state index contributed by atoms with van der Waals surface area (Å²) in [6.07, 6.45) is 3.58. The zero-order valence-electron chi connectivity index (χ0n) is 12.1. The molecular formula is C14H12N2O3S3. The number of carbonyl (C=O) groups excluding carboxylic acids is 1. The van der Waals surface area contributed by atoms with E-state index >= 15 is 0 Å². The lowest BCUT2D eigenvalue weighted by molar-refractivity contribution is 0.0525. The molecule has 0 saturated heterocycles. The maximum atomic E-state index is 12.3. The molecule has 2 aromatic heterocycles. The van der Waals surface area contributed by atoms with Crippen LogP contribution in [0.3, 0.4) is 0 Å². The summed E-state index contributed by atoms with van der Waals surface area (Å²) < 4.78 is 5.44. The third-order valence-corrected chi connectivity index (χ3v) is 5.63. The van der Waals surface area contributed by atoms with Gasteiger partial charge in [0.1, 0.15) is 16.7 Å². The maximum absolute atomic E-state index is 12.3. The molecule has 0 bridgehead atoms. The van der Waals surface area contributed by atoms with E-state index in [1.807, 2.05) is 6.07 Å². The van der Waals surface area contributed by atoms with Gasteiger partial charge < -0.3 is 4.74 Å². The van der Waals surface area contributed by atoms with Crippen LogP contribution >= 0.6 is 34.9 Å².